The Hall–Kier alpha value is -3.68. The Kier molecular flexibility index (Phi) is 9.22. The minimum atomic E-state index is -0.781. The van der Waals surface area contributed by atoms with Gasteiger partial charge >= 0.3 is 11.9 Å². The fraction of sp³-hybridized carbons (Fsp3) is 0.429. The summed E-state index contributed by atoms with van der Waals surface area (Å²) in [5.74, 6) is -0.941. The topological polar surface area (TPSA) is 111 Å². The van der Waals surface area contributed by atoms with Crippen molar-refractivity contribution < 1.29 is 28.7 Å². The van der Waals surface area contributed by atoms with Crippen molar-refractivity contribution >= 4 is 35.1 Å². The number of rotatable bonds is 8. The van der Waals surface area contributed by atoms with E-state index in [9.17, 15) is 19.2 Å². The van der Waals surface area contributed by atoms with Gasteiger partial charge < -0.3 is 20.1 Å². The standard InChI is InChI=1S/C28H34N2O6/c1-17(2)22-14-9-18(3)15-25(22)36-28(34)24-8-6-5-7-23(24)27(33)35-16-26(32)30-21-12-10-20(11-13-21)29-19(4)31/h5-8,10-13,17-18,22,25H,9,14-16H2,1-4H3,(H,29,31)(H,30,32)/t18-,22-,25+/m0/s1. The second-order valence-electron chi connectivity index (χ2n) is 9.70. The lowest BCUT2D eigenvalue weighted by atomic mass is 9.75. The molecular weight excluding hydrogens is 460 g/mol. The maximum Gasteiger partial charge on any atom is 0.339 e. The quantitative estimate of drug-likeness (QED) is 0.497. The minimum absolute atomic E-state index is 0.0555. The van der Waals surface area contributed by atoms with Crippen LogP contribution in [0.15, 0.2) is 48.5 Å². The zero-order valence-corrected chi connectivity index (χ0v) is 21.2. The Balaban J connectivity index is 1.60. The Morgan fingerprint density at radius 1 is 0.889 bits per heavy atom. The zero-order valence-electron chi connectivity index (χ0n) is 21.2. The predicted molar refractivity (Wildman–Crippen MR) is 137 cm³/mol. The minimum Gasteiger partial charge on any atom is -0.458 e. The monoisotopic (exact) mass is 494 g/mol. The third-order valence-corrected chi connectivity index (χ3v) is 6.41. The Morgan fingerprint density at radius 2 is 1.47 bits per heavy atom. The van der Waals surface area contributed by atoms with Crippen molar-refractivity contribution in [2.45, 2.75) is 53.1 Å². The van der Waals surface area contributed by atoms with E-state index in [0.29, 0.717) is 23.2 Å². The highest BCUT2D eigenvalue weighted by atomic mass is 16.5. The van der Waals surface area contributed by atoms with Crippen LogP contribution in [0.5, 0.6) is 0 Å². The number of hydrogen-bond donors (Lipinski definition) is 2. The highest BCUT2D eigenvalue weighted by molar-refractivity contribution is 6.04. The van der Waals surface area contributed by atoms with Crippen molar-refractivity contribution in [3.05, 3.63) is 59.7 Å². The molecule has 192 valence electrons. The largest absolute Gasteiger partial charge is 0.458 e. The molecule has 2 aromatic rings. The molecule has 2 N–H and O–H groups in total. The van der Waals surface area contributed by atoms with Gasteiger partial charge in [-0.05, 0) is 67.0 Å². The number of nitrogens with one attached hydrogen (secondary N) is 2. The number of ether oxygens (including phenoxy) is 2. The number of carbonyl (C=O) groups excluding carboxylic acids is 4. The lowest BCUT2D eigenvalue weighted by molar-refractivity contribution is -0.119. The molecule has 0 radical (unpaired) electrons. The van der Waals surface area contributed by atoms with Crippen LogP contribution >= 0.6 is 0 Å². The Morgan fingerprint density at radius 3 is 2.06 bits per heavy atom. The van der Waals surface area contributed by atoms with Gasteiger partial charge in [-0.15, -0.1) is 0 Å². The van der Waals surface area contributed by atoms with Crippen molar-refractivity contribution in [2.24, 2.45) is 17.8 Å². The molecular formula is C28H34N2O6. The number of anilines is 2. The first kappa shape index (κ1) is 26.9. The van der Waals surface area contributed by atoms with Gasteiger partial charge in [0.05, 0.1) is 11.1 Å². The fourth-order valence-electron chi connectivity index (χ4n) is 4.54. The number of benzene rings is 2. The van der Waals surface area contributed by atoms with Crippen LogP contribution in [-0.4, -0.2) is 36.5 Å². The van der Waals surface area contributed by atoms with Gasteiger partial charge in [0, 0.05) is 18.3 Å². The van der Waals surface area contributed by atoms with Gasteiger partial charge in [-0.25, -0.2) is 9.59 Å². The lowest BCUT2D eigenvalue weighted by Gasteiger charge is -2.36. The fourth-order valence-corrected chi connectivity index (χ4v) is 4.54. The van der Waals surface area contributed by atoms with E-state index in [2.05, 4.69) is 31.4 Å². The van der Waals surface area contributed by atoms with Crippen molar-refractivity contribution in [3.8, 4) is 0 Å². The van der Waals surface area contributed by atoms with E-state index in [0.717, 1.165) is 19.3 Å². The summed E-state index contributed by atoms with van der Waals surface area (Å²) < 4.78 is 11.1. The molecule has 1 aliphatic rings. The van der Waals surface area contributed by atoms with Crippen LogP contribution in [0, 0.1) is 17.8 Å². The van der Waals surface area contributed by atoms with Crippen LogP contribution in [0.3, 0.4) is 0 Å². The van der Waals surface area contributed by atoms with E-state index >= 15 is 0 Å². The lowest BCUT2D eigenvalue weighted by Crippen LogP contribution is -2.36. The van der Waals surface area contributed by atoms with Gasteiger partial charge in [0.25, 0.3) is 5.91 Å². The van der Waals surface area contributed by atoms with Crippen molar-refractivity contribution in [2.75, 3.05) is 17.2 Å². The molecule has 8 nitrogen and oxygen atoms in total. The van der Waals surface area contributed by atoms with E-state index in [1.807, 2.05) is 0 Å². The van der Waals surface area contributed by atoms with Crippen LogP contribution in [0.25, 0.3) is 0 Å². The number of hydrogen-bond acceptors (Lipinski definition) is 6. The first-order valence-corrected chi connectivity index (χ1v) is 12.3. The molecule has 1 fully saturated rings. The van der Waals surface area contributed by atoms with Gasteiger partial charge in [-0.1, -0.05) is 39.3 Å². The van der Waals surface area contributed by atoms with Crippen molar-refractivity contribution in [3.63, 3.8) is 0 Å². The molecule has 0 unspecified atom stereocenters. The van der Waals surface area contributed by atoms with E-state index in [4.69, 9.17) is 9.47 Å². The summed E-state index contributed by atoms with van der Waals surface area (Å²) in [7, 11) is 0. The van der Waals surface area contributed by atoms with Crippen LogP contribution in [-0.2, 0) is 19.1 Å². The molecule has 0 aromatic heterocycles. The number of amides is 2. The van der Waals surface area contributed by atoms with E-state index in [-0.39, 0.29) is 29.1 Å². The third kappa shape index (κ3) is 7.41. The van der Waals surface area contributed by atoms with Gasteiger partial charge in [-0.3, -0.25) is 9.59 Å². The molecule has 2 amide bonds. The SMILES string of the molecule is CC(=O)Nc1ccc(NC(=O)COC(=O)c2ccccc2C(=O)O[C@@H]2C[C@@H](C)CC[C@H]2C(C)C)cc1. The van der Waals surface area contributed by atoms with Gasteiger partial charge in [-0.2, -0.15) is 0 Å². The second-order valence-corrected chi connectivity index (χ2v) is 9.70. The summed E-state index contributed by atoms with van der Waals surface area (Å²) in [6, 6.07) is 12.8. The molecule has 3 rings (SSSR count). The molecule has 0 saturated heterocycles. The van der Waals surface area contributed by atoms with Crippen LogP contribution < -0.4 is 10.6 Å². The third-order valence-electron chi connectivity index (χ3n) is 6.41. The highest BCUT2D eigenvalue weighted by Gasteiger charge is 2.34. The average molecular weight is 495 g/mol. The summed E-state index contributed by atoms with van der Waals surface area (Å²) >= 11 is 0. The molecule has 0 heterocycles. The maximum absolute atomic E-state index is 13.1. The van der Waals surface area contributed by atoms with E-state index in [1.165, 1.54) is 19.1 Å². The van der Waals surface area contributed by atoms with E-state index in [1.54, 1.807) is 36.4 Å². The average Bonchev–Trinajstić information content (AvgIpc) is 2.83. The van der Waals surface area contributed by atoms with Crippen molar-refractivity contribution in [1.29, 1.82) is 0 Å². The van der Waals surface area contributed by atoms with Gasteiger partial charge in [0.2, 0.25) is 5.91 Å². The van der Waals surface area contributed by atoms with Crippen LogP contribution in [0.1, 0.15) is 67.7 Å². The summed E-state index contributed by atoms with van der Waals surface area (Å²) in [6.07, 6.45) is 2.72. The summed E-state index contributed by atoms with van der Waals surface area (Å²) in [5.41, 5.74) is 1.26. The molecule has 0 aliphatic heterocycles. The van der Waals surface area contributed by atoms with Gasteiger partial charge in [0.15, 0.2) is 6.61 Å². The maximum atomic E-state index is 13.1. The molecule has 8 heteroatoms. The highest BCUT2D eigenvalue weighted by Crippen LogP contribution is 2.35. The molecule has 0 bridgehead atoms. The van der Waals surface area contributed by atoms with E-state index < -0.39 is 24.5 Å². The van der Waals surface area contributed by atoms with Crippen LogP contribution in [0.2, 0.25) is 0 Å². The molecule has 36 heavy (non-hydrogen) atoms. The molecule has 1 saturated carbocycles. The Bertz CT molecular complexity index is 1100. The molecule has 0 spiro atoms. The summed E-state index contributed by atoms with van der Waals surface area (Å²) in [5, 5.41) is 5.25. The zero-order chi connectivity index (χ0) is 26.2. The molecule has 2 aromatic carbocycles. The van der Waals surface area contributed by atoms with Crippen LogP contribution in [0.4, 0.5) is 11.4 Å². The Labute approximate surface area is 211 Å². The smallest absolute Gasteiger partial charge is 0.339 e. The van der Waals surface area contributed by atoms with Gasteiger partial charge in [0.1, 0.15) is 6.10 Å². The number of esters is 2. The normalized spacial score (nSPS) is 19.3. The first-order chi connectivity index (χ1) is 17.1. The first-order valence-electron chi connectivity index (χ1n) is 12.3. The molecule has 1 aliphatic carbocycles. The molecule has 3 atom stereocenters. The number of carbonyl (C=O) groups is 4. The second kappa shape index (κ2) is 12.3. The predicted octanol–water partition coefficient (Wildman–Crippen LogP) is 5.06. The summed E-state index contributed by atoms with van der Waals surface area (Å²) in [4.78, 5) is 49.2. The van der Waals surface area contributed by atoms with Crippen molar-refractivity contribution in [1.82, 2.24) is 0 Å². The summed E-state index contributed by atoms with van der Waals surface area (Å²) in [6.45, 7) is 7.31.